The predicted molar refractivity (Wildman–Crippen MR) is 168 cm³/mol. The molecule has 0 N–H and O–H groups in total. The number of benzene rings is 4. The molecule has 5 aliphatic carbocycles. The third kappa shape index (κ3) is 5.30. The maximum atomic E-state index is 16.1. The summed E-state index contributed by atoms with van der Waals surface area (Å²) in [5, 5.41) is 0. The number of hydrogen-bond acceptors (Lipinski definition) is 2. The lowest BCUT2D eigenvalue weighted by Crippen LogP contribution is -2.59. The molecule has 5 aliphatic rings. The van der Waals surface area contributed by atoms with Crippen molar-refractivity contribution in [2.45, 2.75) is 62.2 Å². The van der Waals surface area contributed by atoms with Gasteiger partial charge in [0.2, 0.25) is 0 Å². The summed E-state index contributed by atoms with van der Waals surface area (Å²) in [4.78, 5) is 2.43. The van der Waals surface area contributed by atoms with Crippen LogP contribution in [0.25, 0.3) is 0 Å². The van der Waals surface area contributed by atoms with E-state index in [9.17, 15) is 39.5 Å². The van der Waals surface area contributed by atoms with E-state index in [4.69, 9.17) is 0 Å². The SMILES string of the molecule is Cc1ccc(N(c2ccc(C(F)(F)F)cc2F)C23CC4CC2CC2C4C2(N(c2ccc(C(F)(F)F)cc2F)c2ccc(C(F)(F)F)cc2F)C3)c(F)c1. The molecule has 0 radical (unpaired) electrons. The molecule has 0 aliphatic heterocycles. The van der Waals surface area contributed by atoms with Crippen LogP contribution in [0.1, 0.15) is 47.9 Å². The summed E-state index contributed by atoms with van der Waals surface area (Å²) in [7, 11) is 0. The Labute approximate surface area is 293 Å². The van der Waals surface area contributed by atoms with Crippen molar-refractivity contribution in [3.8, 4) is 0 Å². The Balaban J connectivity index is 1.34. The van der Waals surface area contributed by atoms with Gasteiger partial charge < -0.3 is 9.80 Å². The van der Waals surface area contributed by atoms with E-state index in [1.807, 2.05) is 0 Å². The molecule has 5 bridgehead atoms. The molecule has 5 saturated carbocycles. The van der Waals surface area contributed by atoms with Crippen LogP contribution in [-0.2, 0) is 18.5 Å². The Hall–Kier alpha value is -4.43. The van der Waals surface area contributed by atoms with E-state index in [2.05, 4.69) is 0 Å². The Morgan fingerprint density at radius 1 is 0.547 bits per heavy atom. The van der Waals surface area contributed by atoms with Gasteiger partial charge in [-0.15, -0.1) is 0 Å². The largest absolute Gasteiger partial charge is 0.416 e. The minimum Gasteiger partial charge on any atom is -0.330 e. The summed E-state index contributed by atoms with van der Waals surface area (Å²) in [6, 6.07) is 9.02. The van der Waals surface area contributed by atoms with Crippen LogP contribution in [0.5, 0.6) is 0 Å². The van der Waals surface area contributed by atoms with Gasteiger partial charge in [-0.05, 0) is 129 Å². The number of aryl methyl sites for hydroxylation is 1. The van der Waals surface area contributed by atoms with Gasteiger partial charge in [0.25, 0.3) is 0 Å². The van der Waals surface area contributed by atoms with E-state index < -0.39 is 86.6 Å². The lowest BCUT2D eigenvalue weighted by Gasteiger charge is -2.54. The van der Waals surface area contributed by atoms with Crippen LogP contribution in [-0.4, -0.2) is 11.1 Å². The zero-order chi connectivity index (χ0) is 38.2. The normalized spacial score (nSPS) is 27.3. The summed E-state index contributed by atoms with van der Waals surface area (Å²) >= 11 is 0. The predicted octanol–water partition coefficient (Wildman–Crippen LogP) is 12.1. The Bertz CT molecular complexity index is 2080. The molecule has 6 atom stereocenters. The molecule has 6 unspecified atom stereocenters. The number of rotatable bonds is 6. The van der Waals surface area contributed by atoms with Crippen LogP contribution in [0.15, 0.2) is 72.8 Å². The third-order valence-corrected chi connectivity index (χ3v) is 11.9. The van der Waals surface area contributed by atoms with E-state index in [1.54, 1.807) is 6.92 Å². The van der Waals surface area contributed by atoms with Crippen LogP contribution in [0.4, 0.5) is 79.8 Å². The molecule has 4 aromatic rings. The van der Waals surface area contributed by atoms with Crippen LogP contribution in [0.3, 0.4) is 0 Å². The molecule has 0 aromatic heterocycles. The molecule has 53 heavy (non-hydrogen) atoms. The van der Waals surface area contributed by atoms with Gasteiger partial charge in [-0.3, -0.25) is 0 Å². The van der Waals surface area contributed by atoms with Crippen LogP contribution >= 0.6 is 0 Å². The first-order valence-corrected chi connectivity index (χ1v) is 16.6. The highest BCUT2D eigenvalue weighted by Gasteiger charge is 2.83. The van der Waals surface area contributed by atoms with Crippen LogP contribution in [0.2, 0.25) is 0 Å². The van der Waals surface area contributed by atoms with Crippen LogP contribution < -0.4 is 9.80 Å². The lowest BCUT2D eigenvalue weighted by molar-refractivity contribution is -0.138. The molecule has 9 rings (SSSR count). The minimum absolute atomic E-state index is 0.134. The molecule has 0 spiro atoms. The van der Waals surface area contributed by atoms with Crippen molar-refractivity contribution in [3.05, 3.63) is 118 Å². The highest BCUT2D eigenvalue weighted by atomic mass is 19.4. The van der Waals surface area contributed by atoms with E-state index in [0.29, 0.717) is 42.7 Å². The molecule has 4 aromatic carbocycles. The van der Waals surface area contributed by atoms with Crippen molar-refractivity contribution in [1.82, 2.24) is 0 Å². The summed E-state index contributed by atoms with van der Waals surface area (Å²) in [6.45, 7) is 1.59. The summed E-state index contributed by atoms with van der Waals surface area (Å²) in [6.07, 6.45) is -14.0. The van der Waals surface area contributed by atoms with Gasteiger partial charge in [0.15, 0.2) is 0 Å². The standard InChI is InChI=1S/C38H27F13N2/c1-18-2-6-29(25(39)10-18)52(30-7-3-20(13-26(30)40)36(43,44)45)34-16-19-11-23(34)12-24-33(19)35(24,17-34)53(31-8-4-21(14-27(31)41)37(46,47)48)32-9-5-22(15-28(32)42)38(49,50)51/h2-10,13-15,19,23-24,33H,11-12,16-17H2,1H3. The Morgan fingerprint density at radius 3 is 1.38 bits per heavy atom. The van der Waals surface area contributed by atoms with E-state index in [0.717, 1.165) is 29.2 Å². The minimum atomic E-state index is -4.97. The zero-order valence-corrected chi connectivity index (χ0v) is 27.4. The first-order chi connectivity index (χ1) is 24.7. The molecule has 15 heteroatoms. The fourth-order valence-corrected chi connectivity index (χ4v) is 10.1. The van der Waals surface area contributed by atoms with Crippen molar-refractivity contribution in [3.63, 3.8) is 0 Å². The van der Waals surface area contributed by atoms with Crippen molar-refractivity contribution >= 4 is 22.7 Å². The Morgan fingerprint density at radius 2 is 0.962 bits per heavy atom. The van der Waals surface area contributed by atoms with Crippen molar-refractivity contribution in [2.75, 3.05) is 9.80 Å². The molecule has 5 fully saturated rings. The highest BCUT2D eigenvalue weighted by Crippen LogP contribution is 2.81. The van der Waals surface area contributed by atoms with Gasteiger partial charge in [0, 0.05) is 0 Å². The molecular formula is C38H27F13N2. The van der Waals surface area contributed by atoms with Gasteiger partial charge in [0.1, 0.15) is 23.3 Å². The average Bonchev–Trinajstić information content (AvgIpc) is 3.66. The van der Waals surface area contributed by atoms with E-state index in [1.165, 1.54) is 17.0 Å². The smallest absolute Gasteiger partial charge is 0.330 e. The second kappa shape index (κ2) is 11.3. The fraction of sp³-hybridized carbons (Fsp3) is 0.368. The topological polar surface area (TPSA) is 6.48 Å². The lowest BCUT2D eigenvalue weighted by atomic mass is 9.69. The quantitative estimate of drug-likeness (QED) is 0.181. The number of nitrogens with zero attached hydrogens (tertiary/aromatic N) is 2. The molecule has 0 amide bonds. The van der Waals surface area contributed by atoms with Crippen molar-refractivity contribution in [2.24, 2.45) is 23.7 Å². The maximum Gasteiger partial charge on any atom is 0.416 e. The Kier molecular flexibility index (Phi) is 7.59. The number of hydrogen-bond donors (Lipinski definition) is 0. The fourth-order valence-electron chi connectivity index (χ4n) is 10.1. The number of halogens is 13. The maximum absolute atomic E-state index is 16.1. The van der Waals surface area contributed by atoms with E-state index >= 15 is 17.6 Å². The van der Waals surface area contributed by atoms with Gasteiger partial charge in [0.05, 0.1) is 50.5 Å². The average molecular weight is 759 g/mol. The molecular weight excluding hydrogens is 731 g/mol. The summed E-state index contributed by atoms with van der Waals surface area (Å²) in [5.41, 5.74) is -7.90. The van der Waals surface area contributed by atoms with E-state index in [-0.39, 0.29) is 54.3 Å². The monoisotopic (exact) mass is 758 g/mol. The second-order valence-electron chi connectivity index (χ2n) is 14.7. The number of alkyl halides is 9. The number of anilines is 4. The van der Waals surface area contributed by atoms with Gasteiger partial charge >= 0.3 is 18.5 Å². The second-order valence-corrected chi connectivity index (χ2v) is 14.7. The zero-order valence-electron chi connectivity index (χ0n) is 27.4. The molecule has 2 nitrogen and oxygen atoms in total. The highest BCUT2D eigenvalue weighted by molar-refractivity contribution is 5.74. The van der Waals surface area contributed by atoms with Gasteiger partial charge in [-0.25, -0.2) is 17.6 Å². The van der Waals surface area contributed by atoms with Crippen molar-refractivity contribution in [1.29, 1.82) is 0 Å². The third-order valence-electron chi connectivity index (χ3n) is 11.9. The molecule has 280 valence electrons. The molecule has 0 saturated heterocycles. The first-order valence-electron chi connectivity index (χ1n) is 16.6. The van der Waals surface area contributed by atoms with Crippen molar-refractivity contribution < 1.29 is 57.1 Å². The van der Waals surface area contributed by atoms with Gasteiger partial charge in [-0.1, -0.05) is 6.07 Å². The molecule has 0 heterocycles. The summed E-state index contributed by atoms with van der Waals surface area (Å²) in [5.74, 6) is -6.40. The van der Waals surface area contributed by atoms with Crippen LogP contribution in [0, 0.1) is 53.9 Å². The first kappa shape index (κ1) is 35.6. The summed E-state index contributed by atoms with van der Waals surface area (Å²) < 4.78 is 187. The van der Waals surface area contributed by atoms with Gasteiger partial charge in [-0.2, -0.15) is 39.5 Å².